The van der Waals surface area contributed by atoms with Crippen LogP contribution in [0.3, 0.4) is 0 Å². The zero-order valence-corrected chi connectivity index (χ0v) is 11.7. The van der Waals surface area contributed by atoms with E-state index in [-0.39, 0.29) is 23.5 Å². The van der Waals surface area contributed by atoms with Crippen LogP contribution in [0.2, 0.25) is 0 Å². The molecule has 19 heavy (non-hydrogen) atoms. The second kappa shape index (κ2) is 8.36. The van der Waals surface area contributed by atoms with Gasteiger partial charge in [-0.3, -0.25) is 20.4 Å². The van der Waals surface area contributed by atoms with E-state index in [2.05, 4.69) is 20.6 Å². The number of pyridine rings is 1. The lowest BCUT2D eigenvalue weighted by Gasteiger charge is -2.09. The highest BCUT2D eigenvalue weighted by atomic mass is 32.2. The summed E-state index contributed by atoms with van der Waals surface area (Å²) >= 11 is 1.38. The van der Waals surface area contributed by atoms with Gasteiger partial charge in [-0.15, -0.1) is 0 Å². The van der Waals surface area contributed by atoms with Gasteiger partial charge in [0.15, 0.2) is 0 Å². The van der Waals surface area contributed by atoms with Crippen LogP contribution in [0.4, 0.5) is 5.82 Å². The lowest BCUT2D eigenvalue weighted by atomic mass is 10.2. The van der Waals surface area contributed by atoms with Crippen molar-refractivity contribution in [2.24, 2.45) is 5.92 Å². The smallest absolute Gasteiger partial charge is 0.309 e. The normalized spacial score (nSPS) is 11.5. The second-order valence-corrected chi connectivity index (χ2v) is 4.86. The first-order chi connectivity index (χ1) is 9.13. The number of amides is 1. The molecule has 1 unspecified atom stereocenters. The molecule has 1 aromatic rings. The average molecular weight is 283 g/mol. The molecule has 0 aromatic carbocycles. The average Bonchev–Trinajstić information content (AvgIpc) is 2.45. The fourth-order valence-electron chi connectivity index (χ4n) is 1.20. The first-order valence-electron chi connectivity index (χ1n) is 5.75. The van der Waals surface area contributed by atoms with Gasteiger partial charge in [0.2, 0.25) is 5.91 Å². The zero-order chi connectivity index (χ0) is 14.1. The summed E-state index contributed by atoms with van der Waals surface area (Å²) in [5.74, 6) is 0.729. The number of hydrogen-bond donors (Lipinski definition) is 2. The molecular formula is C12H17N3O3S. The minimum Gasteiger partial charge on any atom is -0.469 e. The van der Waals surface area contributed by atoms with Gasteiger partial charge in [0.1, 0.15) is 5.82 Å². The number of thioether (sulfide) groups is 1. The number of nitrogens with zero attached hydrogens (tertiary/aromatic N) is 1. The van der Waals surface area contributed by atoms with Crippen LogP contribution in [0.25, 0.3) is 0 Å². The van der Waals surface area contributed by atoms with Crippen LogP contribution in [-0.4, -0.2) is 35.5 Å². The van der Waals surface area contributed by atoms with Crippen LogP contribution >= 0.6 is 11.8 Å². The molecule has 7 heteroatoms. The molecule has 1 amide bonds. The molecule has 1 aromatic heterocycles. The molecule has 0 spiro atoms. The van der Waals surface area contributed by atoms with E-state index in [1.54, 1.807) is 25.3 Å². The van der Waals surface area contributed by atoms with Gasteiger partial charge in [0.05, 0.1) is 18.8 Å². The van der Waals surface area contributed by atoms with E-state index in [0.29, 0.717) is 11.6 Å². The van der Waals surface area contributed by atoms with E-state index in [0.717, 1.165) is 0 Å². The van der Waals surface area contributed by atoms with Crippen molar-refractivity contribution in [1.29, 1.82) is 0 Å². The lowest BCUT2D eigenvalue weighted by Crippen LogP contribution is -2.31. The summed E-state index contributed by atoms with van der Waals surface area (Å²) in [5.41, 5.74) is 5.23. The summed E-state index contributed by atoms with van der Waals surface area (Å²) in [5, 5.41) is 0. The highest BCUT2D eigenvalue weighted by Crippen LogP contribution is 2.09. The van der Waals surface area contributed by atoms with Crippen molar-refractivity contribution in [3.05, 3.63) is 24.4 Å². The highest BCUT2D eigenvalue weighted by Gasteiger charge is 2.13. The molecule has 0 saturated carbocycles. The molecule has 0 fully saturated rings. The van der Waals surface area contributed by atoms with E-state index >= 15 is 0 Å². The Balaban J connectivity index is 2.16. The number of hydrazine groups is 1. The predicted octanol–water partition coefficient (Wildman–Crippen LogP) is 1.07. The number of carbonyl (C=O) groups excluding carboxylic acids is 2. The zero-order valence-electron chi connectivity index (χ0n) is 10.9. The van der Waals surface area contributed by atoms with Crippen LogP contribution in [0.5, 0.6) is 0 Å². The van der Waals surface area contributed by atoms with E-state index in [1.165, 1.54) is 18.9 Å². The maximum Gasteiger partial charge on any atom is 0.309 e. The second-order valence-electron chi connectivity index (χ2n) is 3.83. The van der Waals surface area contributed by atoms with E-state index in [9.17, 15) is 9.59 Å². The number of nitrogens with one attached hydrogen (secondary N) is 2. The molecule has 0 aliphatic carbocycles. The highest BCUT2D eigenvalue weighted by molar-refractivity contribution is 7.99. The minimum absolute atomic E-state index is 0.173. The number of hydrogen-bond acceptors (Lipinski definition) is 6. The number of ether oxygens (including phenoxy) is 1. The van der Waals surface area contributed by atoms with Crippen LogP contribution in [0.15, 0.2) is 24.4 Å². The van der Waals surface area contributed by atoms with Crippen molar-refractivity contribution in [3.63, 3.8) is 0 Å². The monoisotopic (exact) mass is 283 g/mol. The Morgan fingerprint density at radius 1 is 1.47 bits per heavy atom. The molecule has 1 heterocycles. The van der Waals surface area contributed by atoms with Gasteiger partial charge in [0, 0.05) is 11.9 Å². The molecule has 104 valence electrons. The van der Waals surface area contributed by atoms with Gasteiger partial charge < -0.3 is 4.74 Å². The van der Waals surface area contributed by atoms with Crippen molar-refractivity contribution in [3.8, 4) is 0 Å². The summed E-state index contributed by atoms with van der Waals surface area (Å²) in [7, 11) is 1.35. The largest absolute Gasteiger partial charge is 0.469 e. The molecule has 2 N–H and O–H groups in total. The van der Waals surface area contributed by atoms with Crippen molar-refractivity contribution < 1.29 is 14.3 Å². The van der Waals surface area contributed by atoms with Gasteiger partial charge in [-0.05, 0) is 12.1 Å². The molecule has 0 aliphatic heterocycles. The summed E-state index contributed by atoms with van der Waals surface area (Å²) in [6.45, 7) is 1.77. The molecule has 1 rings (SSSR count). The Morgan fingerprint density at radius 3 is 2.89 bits per heavy atom. The maximum absolute atomic E-state index is 11.5. The Morgan fingerprint density at radius 2 is 2.26 bits per heavy atom. The quantitative estimate of drug-likeness (QED) is 0.575. The summed E-state index contributed by atoms with van der Waals surface area (Å²) in [4.78, 5) is 26.6. The third-order valence-electron chi connectivity index (χ3n) is 2.20. The third-order valence-corrected chi connectivity index (χ3v) is 3.40. The predicted molar refractivity (Wildman–Crippen MR) is 74.5 cm³/mol. The van der Waals surface area contributed by atoms with E-state index in [4.69, 9.17) is 0 Å². The Labute approximate surface area is 116 Å². The van der Waals surface area contributed by atoms with Gasteiger partial charge >= 0.3 is 5.97 Å². The van der Waals surface area contributed by atoms with Gasteiger partial charge in [-0.25, -0.2) is 4.98 Å². The van der Waals surface area contributed by atoms with Crippen LogP contribution in [0.1, 0.15) is 6.92 Å². The molecule has 0 radical (unpaired) electrons. The number of esters is 1. The molecular weight excluding hydrogens is 266 g/mol. The molecule has 0 aliphatic rings. The number of aromatic nitrogens is 1. The molecule has 6 nitrogen and oxygen atoms in total. The van der Waals surface area contributed by atoms with Crippen LogP contribution < -0.4 is 10.9 Å². The number of anilines is 1. The molecule has 1 atom stereocenters. The van der Waals surface area contributed by atoms with Crippen LogP contribution in [-0.2, 0) is 14.3 Å². The summed E-state index contributed by atoms with van der Waals surface area (Å²) in [6.07, 6.45) is 1.63. The standard InChI is InChI=1S/C12H17N3O3S/c1-9(12(17)18-2)7-19-8-11(16)15-14-10-5-3-4-6-13-10/h3-6,9H,7-8H2,1-2H3,(H,13,14)(H,15,16). The van der Waals surface area contributed by atoms with Gasteiger partial charge in [-0.1, -0.05) is 13.0 Å². The van der Waals surface area contributed by atoms with Crippen molar-refractivity contribution in [1.82, 2.24) is 10.4 Å². The molecule has 0 bridgehead atoms. The summed E-state index contributed by atoms with van der Waals surface area (Å²) < 4.78 is 4.60. The minimum atomic E-state index is -0.264. The fourth-order valence-corrected chi connectivity index (χ4v) is 2.07. The van der Waals surface area contributed by atoms with E-state index < -0.39 is 0 Å². The number of rotatable bonds is 7. The van der Waals surface area contributed by atoms with Crippen molar-refractivity contribution >= 4 is 29.5 Å². The Bertz CT molecular complexity index is 414. The van der Waals surface area contributed by atoms with Crippen molar-refractivity contribution in [2.45, 2.75) is 6.92 Å². The number of methoxy groups -OCH3 is 1. The van der Waals surface area contributed by atoms with Crippen molar-refractivity contribution in [2.75, 3.05) is 24.0 Å². The lowest BCUT2D eigenvalue weighted by molar-refractivity contribution is -0.144. The number of carbonyl (C=O) groups is 2. The topological polar surface area (TPSA) is 80.3 Å². The van der Waals surface area contributed by atoms with Crippen LogP contribution in [0, 0.1) is 5.92 Å². The first-order valence-corrected chi connectivity index (χ1v) is 6.90. The first kappa shape index (κ1) is 15.3. The molecule has 0 saturated heterocycles. The van der Waals surface area contributed by atoms with Gasteiger partial charge in [-0.2, -0.15) is 11.8 Å². The Kier molecular flexibility index (Phi) is 6.73. The fraction of sp³-hybridized carbons (Fsp3) is 0.417. The Hall–Kier alpha value is -1.76. The maximum atomic E-state index is 11.5. The summed E-state index contributed by atoms with van der Waals surface area (Å²) in [6, 6.07) is 5.35. The third kappa shape index (κ3) is 6.10. The SMILES string of the molecule is COC(=O)C(C)CSCC(=O)NNc1ccccn1. The van der Waals surface area contributed by atoms with Gasteiger partial charge in [0.25, 0.3) is 0 Å². The van der Waals surface area contributed by atoms with E-state index in [1.807, 2.05) is 6.07 Å².